The Labute approximate surface area is 267 Å². The molecule has 4 aromatic rings. The zero-order valence-electron chi connectivity index (χ0n) is 24.9. The number of aryl methyl sites for hydroxylation is 1. The number of hydrogen-bond donors (Lipinski definition) is 1. The zero-order chi connectivity index (χ0) is 32.1. The minimum absolute atomic E-state index is 0.115. The van der Waals surface area contributed by atoms with Crippen molar-refractivity contribution < 1.29 is 32.2 Å². The fraction of sp³-hybridized carbons (Fsp3) is 0.212. The molecule has 0 spiro atoms. The molecule has 12 heteroatoms. The first-order chi connectivity index (χ1) is 21.6. The van der Waals surface area contributed by atoms with Crippen LogP contribution in [-0.4, -0.2) is 53.6 Å². The third-order valence-electron chi connectivity index (χ3n) is 7.27. The number of sulfonamides is 1. The Bertz CT molecular complexity index is 1820. The maximum Gasteiger partial charge on any atom is 0.268 e. The third-order valence-corrected chi connectivity index (χ3v) is 9.36. The van der Waals surface area contributed by atoms with E-state index in [2.05, 4.69) is 5.32 Å². The van der Waals surface area contributed by atoms with Crippen molar-refractivity contribution >= 4 is 44.8 Å². The first-order valence-corrected chi connectivity index (χ1v) is 15.8. The number of fused-ring (bicyclic) bond motifs is 1. The number of nitrogens with one attached hydrogen (secondary N) is 1. The molecule has 0 aliphatic carbocycles. The van der Waals surface area contributed by atoms with Crippen LogP contribution in [0, 0.1) is 6.92 Å². The van der Waals surface area contributed by atoms with Crippen molar-refractivity contribution in [2.45, 2.75) is 24.5 Å². The van der Waals surface area contributed by atoms with Gasteiger partial charge < -0.3 is 24.4 Å². The molecule has 5 rings (SSSR count). The molecular formula is C33H32ClN3O7S. The topological polar surface area (TPSA) is 114 Å². The van der Waals surface area contributed by atoms with Gasteiger partial charge in [0.15, 0.2) is 6.10 Å². The Hall–Kier alpha value is -4.74. The largest absolute Gasteiger partial charge is 0.495 e. The zero-order valence-corrected chi connectivity index (χ0v) is 26.5. The van der Waals surface area contributed by atoms with E-state index in [4.69, 9.17) is 25.8 Å². The van der Waals surface area contributed by atoms with Crippen LogP contribution in [0.4, 0.5) is 11.4 Å². The van der Waals surface area contributed by atoms with Crippen LogP contribution >= 0.6 is 11.6 Å². The molecule has 0 aromatic heterocycles. The molecule has 0 fully saturated rings. The quantitative estimate of drug-likeness (QED) is 0.258. The fourth-order valence-electron chi connectivity index (χ4n) is 4.94. The molecule has 1 atom stereocenters. The van der Waals surface area contributed by atoms with E-state index in [1.165, 1.54) is 43.4 Å². The summed E-state index contributed by atoms with van der Waals surface area (Å²) in [6.07, 6.45) is -1.04. The maximum atomic E-state index is 14.3. The lowest BCUT2D eigenvalue weighted by molar-refractivity contribution is -0.128. The molecule has 45 heavy (non-hydrogen) atoms. The van der Waals surface area contributed by atoms with Crippen molar-refractivity contribution in [2.75, 3.05) is 36.5 Å². The summed E-state index contributed by atoms with van der Waals surface area (Å²) in [6.45, 7) is 1.28. The first-order valence-electron chi connectivity index (χ1n) is 14.0. The predicted molar refractivity (Wildman–Crippen MR) is 172 cm³/mol. The van der Waals surface area contributed by atoms with Crippen LogP contribution in [0.3, 0.4) is 0 Å². The lowest BCUT2D eigenvalue weighted by Crippen LogP contribution is -2.53. The second-order valence-electron chi connectivity index (χ2n) is 10.3. The van der Waals surface area contributed by atoms with E-state index in [1.807, 2.05) is 30.3 Å². The number of hydrogen-bond acceptors (Lipinski definition) is 7. The molecule has 0 bridgehead atoms. The number of anilines is 2. The first kappa shape index (κ1) is 31.7. The normalized spacial score (nSPS) is 14.1. The van der Waals surface area contributed by atoms with Crippen LogP contribution < -0.4 is 28.7 Å². The van der Waals surface area contributed by atoms with Crippen molar-refractivity contribution in [1.82, 2.24) is 5.32 Å². The molecule has 1 heterocycles. The second-order valence-corrected chi connectivity index (χ2v) is 12.5. The summed E-state index contributed by atoms with van der Waals surface area (Å²) in [7, 11) is -1.57. The highest BCUT2D eigenvalue weighted by atomic mass is 35.5. The molecule has 1 N–H and O–H groups in total. The Morgan fingerprint density at radius 3 is 2.36 bits per heavy atom. The van der Waals surface area contributed by atoms with Gasteiger partial charge in [-0.25, -0.2) is 8.42 Å². The number of halogens is 1. The van der Waals surface area contributed by atoms with E-state index in [9.17, 15) is 18.0 Å². The smallest absolute Gasteiger partial charge is 0.268 e. The van der Waals surface area contributed by atoms with E-state index in [1.54, 1.807) is 43.3 Å². The highest BCUT2D eigenvalue weighted by Crippen LogP contribution is 2.37. The van der Waals surface area contributed by atoms with Crippen LogP contribution in [0.15, 0.2) is 95.9 Å². The Morgan fingerprint density at radius 1 is 0.956 bits per heavy atom. The second kappa shape index (κ2) is 13.5. The fourth-order valence-corrected chi connectivity index (χ4v) is 6.85. The monoisotopic (exact) mass is 649 g/mol. The molecule has 0 radical (unpaired) electrons. The van der Waals surface area contributed by atoms with Gasteiger partial charge in [0, 0.05) is 6.54 Å². The minimum atomic E-state index is -4.39. The van der Waals surface area contributed by atoms with Crippen LogP contribution in [0.1, 0.15) is 11.1 Å². The lowest BCUT2D eigenvalue weighted by atomic mass is 10.1. The summed E-state index contributed by atoms with van der Waals surface area (Å²) in [5.41, 5.74) is 2.13. The molecular weight excluding hydrogens is 618 g/mol. The van der Waals surface area contributed by atoms with Gasteiger partial charge in [0.1, 0.15) is 28.7 Å². The summed E-state index contributed by atoms with van der Waals surface area (Å²) in [5.74, 6) is -0.233. The van der Waals surface area contributed by atoms with Crippen molar-refractivity contribution in [3.05, 3.63) is 107 Å². The van der Waals surface area contributed by atoms with Gasteiger partial charge in [-0.2, -0.15) is 0 Å². The van der Waals surface area contributed by atoms with Crippen molar-refractivity contribution in [2.24, 2.45) is 0 Å². The van der Waals surface area contributed by atoms with Gasteiger partial charge in [-0.15, -0.1) is 0 Å². The van der Waals surface area contributed by atoms with E-state index in [0.717, 1.165) is 9.87 Å². The summed E-state index contributed by atoms with van der Waals surface area (Å²) >= 11 is 6.41. The van der Waals surface area contributed by atoms with Crippen molar-refractivity contribution in [1.29, 1.82) is 0 Å². The molecule has 1 unspecified atom stereocenters. The molecule has 10 nitrogen and oxygen atoms in total. The van der Waals surface area contributed by atoms with Gasteiger partial charge in [0.2, 0.25) is 5.91 Å². The van der Waals surface area contributed by atoms with Gasteiger partial charge in [-0.05, 0) is 60.5 Å². The average Bonchev–Trinajstić information content (AvgIpc) is 3.05. The van der Waals surface area contributed by atoms with Crippen molar-refractivity contribution in [3.8, 4) is 17.2 Å². The Balaban J connectivity index is 1.49. The Morgan fingerprint density at radius 2 is 1.64 bits per heavy atom. The molecule has 1 aliphatic heterocycles. The van der Waals surface area contributed by atoms with Gasteiger partial charge in [0.25, 0.3) is 15.9 Å². The van der Waals surface area contributed by atoms with Crippen LogP contribution in [-0.2, 0) is 26.2 Å². The lowest BCUT2D eigenvalue weighted by Gasteiger charge is -2.35. The van der Waals surface area contributed by atoms with E-state index in [-0.39, 0.29) is 34.4 Å². The van der Waals surface area contributed by atoms with Crippen LogP contribution in [0.2, 0.25) is 5.02 Å². The maximum absolute atomic E-state index is 14.3. The predicted octanol–water partition coefficient (Wildman–Crippen LogP) is 4.97. The van der Waals surface area contributed by atoms with E-state index >= 15 is 0 Å². The van der Waals surface area contributed by atoms with Crippen molar-refractivity contribution in [3.63, 3.8) is 0 Å². The standard InChI is InChI=1S/C33H32ClN3O7S/c1-22-13-15-29(43-3)31(17-22)45(40,41)37(24-14-16-27(42-2)25(34)18-24)21-32(38)36-20-30(44-28-12-8-7-11-26(28)36)33(39)35-19-23-9-5-4-6-10-23/h4-18,30H,19-21H2,1-3H3,(H,35,39). The molecule has 4 aromatic carbocycles. The summed E-state index contributed by atoms with van der Waals surface area (Å²) < 4.78 is 46.2. The third kappa shape index (κ3) is 6.84. The number of carbonyl (C=O) groups is 2. The summed E-state index contributed by atoms with van der Waals surface area (Å²) in [5, 5.41) is 3.02. The van der Waals surface area contributed by atoms with Crippen LogP contribution in [0.25, 0.3) is 0 Å². The number of nitrogens with zero attached hydrogens (tertiary/aromatic N) is 2. The molecule has 1 aliphatic rings. The highest BCUT2D eigenvalue weighted by molar-refractivity contribution is 7.93. The summed E-state index contributed by atoms with van der Waals surface area (Å²) in [4.78, 5) is 28.6. The number of amides is 2. The molecule has 0 saturated heterocycles. The van der Waals surface area contributed by atoms with Gasteiger partial charge in [0.05, 0.1) is 37.2 Å². The molecule has 234 valence electrons. The highest BCUT2D eigenvalue weighted by Gasteiger charge is 2.37. The summed E-state index contributed by atoms with van der Waals surface area (Å²) in [6, 6.07) is 25.4. The number of benzene rings is 4. The molecule has 0 saturated carbocycles. The SMILES string of the molecule is COc1ccc(N(CC(=O)N2CC(C(=O)NCc3ccccc3)Oc3ccccc32)S(=O)(=O)c2cc(C)ccc2OC)cc1Cl. The number of carbonyl (C=O) groups excluding carboxylic acids is 2. The number of para-hydroxylation sites is 2. The average molecular weight is 650 g/mol. The molecule has 2 amide bonds. The number of ether oxygens (including phenoxy) is 3. The van der Waals surface area contributed by atoms with Crippen LogP contribution in [0.5, 0.6) is 17.2 Å². The van der Waals surface area contributed by atoms with E-state index in [0.29, 0.717) is 22.7 Å². The van der Waals surface area contributed by atoms with Gasteiger partial charge >= 0.3 is 0 Å². The Kier molecular flexibility index (Phi) is 9.50. The van der Waals surface area contributed by atoms with Gasteiger partial charge in [-0.3, -0.25) is 13.9 Å². The number of rotatable bonds is 10. The van der Waals surface area contributed by atoms with Gasteiger partial charge in [-0.1, -0.05) is 60.1 Å². The number of methoxy groups -OCH3 is 2. The van der Waals surface area contributed by atoms with E-state index < -0.39 is 34.5 Å². The minimum Gasteiger partial charge on any atom is -0.495 e.